The van der Waals surface area contributed by atoms with Gasteiger partial charge in [-0.3, -0.25) is 4.79 Å². The van der Waals surface area contributed by atoms with E-state index in [0.717, 1.165) is 22.0 Å². The zero-order valence-electron chi connectivity index (χ0n) is 16.2. The molecule has 4 aromatic rings. The SMILES string of the molecule is CCn1c2ccccc2c2cc(/C=N/NC(=O)COc3ccc(Br)cc3Cl)ccc21. The number of fused-ring (bicyclic) bond motifs is 3. The number of hydrogen-bond donors (Lipinski definition) is 1. The van der Waals surface area contributed by atoms with Crippen LogP contribution in [0.4, 0.5) is 0 Å². The first-order valence-corrected chi connectivity index (χ1v) is 10.6. The molecule has 0 spiro atoms. The van der Waals surface area contributed by atoms with Crippen LogP contribution >= 0.6 is 27.5 Å². The van der Waals surface area contributed by atoms with Crippen LogP contribution < -0.4 is 10.2 Å². The maximum absolute atomic E-state index is 12.0. The summed E-state index contributed by atoms with van der Waals surface area (Å²) in [5, 5.41) is 6.85. The van der Waals surface area contributed by atoms with Gasteiger partial charge in [-0.1, -0.05) is 51.8 Å². The summed E-state index contributed by atoms with van der Waals surface area (Å²) in [6, 6.07) is 19.7. The average Bonchev–Trinajstić information content (AvgIpc) is 3.06. The van der Waals surface area contributed by atoms with E-state index in [9.17, 15) is 4.79 Å². The van der Waals surface area contributed by atoms with Gasteiger partial charge >= 0.3 is 0 Å². The van der Waals surface area contributed by atoms with Crippen molar-refractivity contribution in [2.45, 2.75) is 13.5 Å². The number of amides is 1. The summed E-state index contributed by atoms with van der Waals surface area (Å²) in [5.74, 6) is 0.0747. The molecule has 0 atom stereocenters. The number of hydrazone groups is 1. The van der Waals surface area contributed by atoms with E-state index in [0.29, 0.717) is 10.8 Å². The summed E-state index contributed by atoms with van der Waals surface area (Å²) in [6.45, 7) is 2.86. The fraction of sp³-hybridized carbons (Fsp3) is 0.130. The number of carbonyl (C=O) groups excluding carboxylic acids is 1. The minimum atomic E-state index is -0.367. The lowest BCUT2D eigenvalue weighted by atomic mass is 10.1. The number of rotatable bonds is 6. The van der Waals surface area contributed by atoms with Crippen molar-refractivity contribution in [3.8, 4) is 5.75 Å². The molecule has 0 saturated carbocycles. The number of para-hydroxylation sites is 1. The highest BCUT2D eigenvalue weighted by molar-refractivity contribution is 9.10. The monoisotopic (exact) mass is 483 g/mol. The lowest BCUT2D eigenvalue weighted by molar-refractivity contribution is -0.123. The number of carbonyl (C=O) groups is 1. The molecule has 0 bridgehead atoms. The van der Waals surface area contributed by atoms with Crippen molar-refractivity contribution in [3.05, 3.63) is 75.7 Å². The molecule has 0 aliphatic carbocycles. The van der Waals surface area contributed by atoms with Crippen LogP contribution in [0.15, 0.2) is 70.2 Å². The van der Waals surface area contributed by atoms with Crippen molar-refractivity contribution >= 4 is 61.5 Å². The summed E-state index contributed by atoms with van der Waals surface area (Å²) in [5.41, 5.74) is 5.77. The Bertz CT molecular complexity index is 1270. The van der Waals surface area contributed by atoms with Gasteiger partial charge in [0.25, 0.3) is 5.91 Å². The molecule has 5 nitrogen and oxygen atoms in total. The van der Waals surface area contributed by atoms with Crippen LogP contribution in [0.3, 0.4) is 0 Å². The van der Waals surface area contributed by atoms with Gasteiger partial charge in [0.2, 0.25) is 0 Å². The maximum Gasteiger partial charge on any atom is 0.277 e. The van der Waals surface area contributed by atoms with Crippen LogP contribution in [-0.4, -0.2) is 23.3 Å². The Morgan fingerprint density at radius 2 is 1.93 bits per heavy atom. The Morgan fingerprint density at radius 3 is 2.73 bits per heavy atom. The lowest BCUT2D eigenvalue weighted by Gasteiger charge is -2.07. The second-order valence-electron chi connectivity index (χ2n) is 6.69. The van der Waals surface area contributed by atoms with Crippen molar-refractivity contribution < 1.29 is 9.53 Å². The summed E-state index contributed by atoms with van der Waals surface area (Å²) >= 11 is 9.41. The van der Waals surface area contributed by atoms with Gasteiger partial charge in [-0.2, -0.15) is 5.10 Å². The largest absolute Gasteiger partial charge is 0.482 e. The second-order valence-corrected chi connectivity index (χ2v) is 8.02. The number of benzene rings is 3. The molecule has 1 amide bonds. The van der Waals surface area contributed by atoms with Gasteiger partial charge < -0.3 is 9.30 Å². The molecular weight excluding hydrogens is 466 g/mol. The molecule has 1 heterocycles. The van der Waals surface area contributed by atoms with Crippen LogP contribution in [0.25, 0.3) is 21.8 Å². The summed E-state index contributed by atoms with van der Waals surface area (Å²) in [7, 11) is 0. The third kappa shape index (κ3) is 4.20. The lowest BCUT2D eigenvalue weighted by Crippen LogP contribution is -2.24. The molecule has 7 heteroatoms. The normalized spacial score (nSPS) is 11.4. The summed E-state index contributed by atoms with van der Waals surface area (Å²) < 4.78 is 8.57. The Hall–Kier alpha value is -2.83. The van der Waals surface area contributed by atoms with E-state index in [1.807, 2.05) is 12.1 Å². The van der Waals surface area contributed by atoms with Gasteiger partial charge in [-0.15, -0.1) is 0 Å². The fourth-order valence-corrected chi connectivity index (χ4v) is 4.17. The van der Waals surface area contributed by atoms with Crippen LogP contribution in [-0.2, 0) is 11.3 Å². The topological polar surface area (TPSA) is 55.6 Å². The molecule has 0 fully saturated rings. The Labute approximate surface area is 187 Å². The number of nitrogens with one attached hydrogen (secondary N) is 1. The van der Waals surface area contributed by atoms with E-state index < -0.39 is 0 Å². The Kier molecular flexibility index (Phi) is 6.06. The number of aromatic nitrogens is 1. The molecule has 0 radical (unpaired) electrons. The van der Waals surface area contributed by atoms with Gasteiger partial charge in [0.05, 0.1) is 11.2 Å². The van der Waals surface area contributed by atoms with Crippen molar-refractivity contribution in [1.29, 1.82) is 0 Å². The third-order valence-electron chi connectivity index (χ3n) is 4.77. The van der Waals surface area contributed by atoms with Crippen LogP contribution in [0, 0.1) is 0 Å². The smallest absolute Gasteiger partial charge is 0.277 e. The van der Waals surface area contributed by atoms with Crippen molar-refractivity contribution in [2.75, 3.05) is 6.61 Å². The van der Waals surface area contributed by atoms with E-state index in [-0.39, 0.29) is 12.5 Å². The van der Waals surface area contributed by atoms with Gasteiger partial charge in [0, 0.05) is 32.8 Å². The number of nitrogens with zero attached hydrogens (tertiary/aromatic N) is 2. The summed E-state index contributed by atoms with van der Waals surface area (Å²) in [4.78, 5) is 12.0. The first-order valence-electron chi connectivity index (χ1n) is 9.47. The van der Waals surface area contributed by atoms with Crippen LogP contribution in [0.1, 0.15) is 12.5 Å². The molecule has 3 aromatic carbocycles. The minimum absolute atomic E-state index is 0.179. The van der Waals surface area contributed by atoms with Gasteiger partial charge in [-0.05, 0) is 48.9 Å². The Balaban J connectivity index is 1.45. The number of halogens is 2. The minimum Gasteiger partial charge on any atom is -0.482 e. The van der Waals surface area contributed by atoms with E-state index in [4.69, 9.17) is 16.3 Å². The van der Waals surface area contributed by atoms with E-state index >= 15 is 0 Å². The predicted molar refractivity (Wildman–Crippen MR) is 126 cm³/mol. The highest BCUT2D eigenvalue weighted by Crippen LogP contribution is 2.29. The molecule has 0 saturated heterocycles. The van der Waals surface area contributed by atoms with Gasteiger partial charge in [0.15, 0.2) is 6.61 Å². The molecule has 1 N–H and O–H groups in total. The molecule has 0 aliphatic heterocycles. The van der Waals surface area contributed by atoms with Crippen molar-refractivity contribution in [3.63, 3.8) is 0 Å². The molecule has 4 rings (SSSR count). The van der Waals surface area contributed by atoms with E-state index in [1.54, 1.807) is 24.4 Å². The predicted octanol–water partition coefficient (Wildman–Crippen LogP) is 5.76. The first kappa shape index (κ1) is 20.4. The molecule has 152 valence electrons. The molecule has 0 unspecified atom stereocenters. The molecule has 30 heavy (non-hydrogen) atoms. The zero-order valence-corrected chi connectivity index (χ0v) is 18.6. The average molecular weight is 485 g/mol. The third-order valence-corrected chi connectivity index (χ3v) is 5.56. The molecule has 0 aliphatic rings. The number of aryl methyl sites for hydroxylation is 1. The van der Waals surface area contributed by atoms with Crippen LogP contribution in [0.5, 0.6) is 5.75 Å². The maximum atomic E-state index is 12.0. The Morgan fingerprint density at radius 1 is 1.13 bits per heavy atom. The quantitative estimate of drug-likeness (QED) is 0.279. The number of hydrogen-bond acceptors (Lipinski definition) is 3. The first-order chi connectivity index (χ1) is 14.6. The highest BCUT2D eigenvalue weighted by Gasteiger charge is 2.09. The number of ether oxygens (including phenoxy) is 1. The second kappa shape index (κ2) is 8.90. The van der Waals surface area contributed by atoms with Gasteiger partial charge in [0.1, 0.15) is 5.75 Å². The fourth-order valence-electron chi connectivity index (χ4n) is 3.44. The standard InChI is InChI=1S/C23H19BrClN3O2/c1-2-28-20-6-4-3-5-17(20)18-11-15(7-9-21(18)28)13-26-27-23(29)14-30-22-10-8-16(24)12-19(22)25/h3-13H,2,14H2,1H3,(H,27,29)/b26-13+. The molecule has 1 aromatic heterocycles. The summed E-state index contributed by atoms with van der Waals surface area (Å²) in [6.07, 6.45) is 1.63. The van der Waals surface area contributed by atoms with E-state index in [2.05, 4.69) is 68.3 Å². The van der Waals surface area contributed by atoms with Crippen LogP contribution in [0.2, 0.25) is 5.02 Å². The van der Waals surface area contributed by atoms with Gasteiger partial charge in [-0.25, -0.2) is 5.43 Å². The zero-order chi connectivity index (χ0) is 21.1. The van der Waals surface area contributed by atoms with Crippen molar-refractivity contribution in [2.24, 2.45) is 5.10 Å². The van der Waals surface area contributed by atoms with Crippen molar-refractivity contribution in [1.82, 2.24) is 9.99 Å². The van der Waals surface area contributed by atoms with E-state index in [1.165, 1.54) is 16.4 Å². The molecular formula is C23H19BrClN3O2. The highest BCUT2D eigenvalue weighted by atomic mass is 79.9.